The van der Waals surface area contributed by atoms with E-state index in [4.69, 9.17) is 9.47 Å². The van der Waals surface area contributed by atoms with Gasteiger partial charge >= 0.3 is 0 Å². The van der Waals surface area contributed by atoms with Gasteiger partial charge in [-0.3, -0.25) is 19.4 Å². The average molecular weight is 347 g/mol. The Morgan fingerprint density at radius 1 is 1.20 bits per heavy atom. The van der Waals surface area contributed by atoms with Crippen molar-refractivity contribution in [2.75, 3.05) is 19.5 Å². The monoisotopic (exact) mass is 347 g/mol. The molecule has 1 aromatic carbocycles. The first kappa shape index (κ1) is 16.9. The topological polar surface area (TPSA) is 106 Å². The minimum Gasteiger partial charge on any atom is -0.502 e. The minimum absolute atomic E-state index is 0.0145. The second kappa shape index (κ2) is 6.19. The molecule has 3 N–H and O–H groups in total. The first-order valence-corrected chi connectivity index (χ1v) is 7.96. The number of methoxy groups -OCH3 is 2. The van der Waals surface area contributed by atoms with Crippen LogP contribution in [0.15, 0.2) is 16.9 Å². The number of benzene rings is 1. The van der Waals surface area contributed by atoms with Crippen LogP contribution in [0.5, 0.6) is 17.2 Å². The molecule has 0 spiro atoms. The Hall–Kier alpha value is -2.90. The molecule has 1 amide bonds. The minimum atomic E-state index is -0.462. The van der Waals surface area contributed by atoms with Crippen LogP contribution in [0, 0.1) is 0 Å². The fraction of sp³-hybridized carbons (Fsp3) is 0.412. The number of nitrogens with zero attached hydrogens (tertiary/aromatic N) is 1. The molecule has 2 heterocycles. The number of aromatic amines is 1. The summed E-state index contributed by atoms with van der Waals surface area (Å²) in [5.41, 5.74) is 0.900. The lowest BCUT2D eigenvalue weighted by Crippen LogP contribution is -2.27. The highest BCUT2D eigenvalue weighted by atomic mass is 16.5. The summed E-state index contributed by atoms with van der Waals surface area (Å²) < 4.78 is 12.0. The van der Waals surface area contributed by atoms with Gasteiger partial charge in [0.1, 0.15) is 5.82 Å². The Labute approximate surface area is 144 Å². The van der Waals surface area contributed by atoms with Gasteiger partial charge in [0.2, 0.25) is 11.7 Å². The molecule has 0 aliphatic carbocycles. The van der Waals surface area contributed by atoms with E-state index in [1.807, 2.05) is 13.8 Å². The summed E-state index contributed by atoms with van der Waals surface area (Å²) in [5, 5.41) is 15.6. The van der Waals surface area contributed by atoms with Crippen molar-refractivity contribution in [2.24, 2.45) is 0 Å². The van der Waals surface area contributed by atoms with Crippen molar-refractivity contribution in [3.63, 3.8) is 0 Å². The van der Waals surface area contributed by atoms with Crippen molar-refractivity contribution in [1.82, 2.24) is 9.78 Å². The van der Waals surface area contributed by atoms with Crippen LogP contribution < -0.4 is 20.3 Å². The largest absolute Gasteiger partial charge is 0.502 e. The van der Waals surface area contributed by atoms with Crippen LogP contribution in [0.1, 0.15) is 43.4 Å². The Morgan fingerprint density at radius 2 is 1.80 bits per heavy atom. The number of aromatic nitrogens is 2. The third-order valence-corrected chi connectivity index (χ3v) is 4.38. The summed E-state index contributed by atoms with van der Waals surface area (Å²) in [6.07, 6.45) is 0.120. The number of nitrogens with one attached hydrogen (secondary N) is 2. The third kappa shape index (κ3) is 2.73. The fourth-order valence-corrected chi connectivity index (χ4v) is 3.17. The van der Waals surface area contributed by atoms with Crippen molar-refractivity contribution >= 4 is 11.7 Å². The molecule has 0 saturated heterocycles. The van der Waals surface area contributed by atoms with E-state index in [0.29, 0.717) is 16.9 Å². The molecule has 0 bridgehead atoms. The van der Waals surface area contributed by atoms with E-state index < -0.39 is 5.92 Å². The first-order chi connectivity index (χ1) is 11.9. The highest BCUT2D eigenvalue weighted by molar-refractivity contribution is 5.94. The Morgan fingerprint density at radius 3 is 2.32 bits per heavy atom. The summed E-state index contributed by atoms with van der Waals surface area (Å²) in [6.45, 7) is 3.83. The Balaban J connectivity index is 2.20. The standard InChI is InChI=1S/C17H21N3O5/c1-8(2)20-16-14(17(23)19-20)10(7-13(21)18-16)9-5-11(24-3)15(22)12(6-9)25-4/h5-6,8,10,22H,7H2,1-4H3,(H,18,21)(H,19,23). The third-order valence-electron chi connectivity index (χ3n) is 4.38. The lowest BCUT2D eigenvalue weighted by atomic mass is 9.86. The predicted octanol–water partition coefficient (Wildman–Crippen LogP) is 1.95. The summed E-state index contributed by atoms with van der Waals surface area (Å²) in [5.74, 6) is 0.158. The van der Waals surface area contributed by atoms with Crippen LogP contribution in [0.3, 0.4) is 0 Å². The van der Waals surface area contributed by atoms with E-state index in [0.717, 1.165) is 0 Å². The van der Waals surface area contributed by atoms with E-state index >= 15 is 0 Å². The number of carbonyl (C=O) groups excluding carboxylic acids is 1. The molecule has 3 rings (SSSR count). The van der Waals surface area contributed by atoms with Gasteiger partial charge in [-0.1, -0.05) is 0 Å². The van der Waals surface area contributed by atoms with Gasteiger partial charge in [-0.25, -0.2) is 0 Å². The summed E-state index contributed by atoms with van der Waals surface area (Å²) in [7, 11) is 2.86. The zero-order valence-corrected chi connectivity index (χ0v) is 14.5. The fourth-order valence-electron chi connectivity index (χ4n) is 3.17. The van der Waals surface area contributed by atoms with Crippen molar-refractivity contribution in [1.29, 1.82) is 0 Å². The molecule has 8 nitrogen and oxygen atoms in total. The number of anilines is 1. The number of ether oxygens (including phenoxy) is 2. The number of phenolic OH excluding ortho intramolecular Hbond substituents is 1. The van der Waals surface area contributed by atoms with E-state index in [-0.39, 0.29) is 41.2 Å². The normalized spacial score (nSPS) is 16.5. The number of fused-ring (bicyclic) bond motifs is 1. The maximum atomic E-state index is 12.5. The molecule has 0 radical (unpaired) electrons. The zero-order chi connectivity index (χ0) is 18.3. The number of H-pyrrole nitrogens is 1. The molecule has 2 aromatic rings. The molecule has 0 saturated carbocycles. The van der Waals surface area contributed by atoms with Crippen molar-refractivity contribution in [3.8, 4) is 17.2 Å². The van der Waals surface area contributed by atoms with Crippen molar-refractivity contribution < 1.29 is 19.4 Å². The number of rotatable bonds is 4. The van der Waals surface area contributed by atoms with Crippen LogP contribution in [0.25, 0.3) is 0 Å². The SMILES string of the molecule is COc1cc(C2CC(=O)Nc3c2c(=O)[nH]n3C(C)C)cc(OC)c1O. The molecular formula is C17H21N3O5. The van der Waals surface area contributed by atoms with Gasteiger partial charge in [-0.15, -0.1) is 0 Å². The molecule has 1 aliphatic rings. The molecule has 1 unspecified atom stereocenters. The maximum Gasteiger partial charge on any atom is 0.270 e. The Kier molecular flexibility index (Phi) is 4.20. The van der Waals surface area contributed by atoms with Crippen LogP contribution in [0.2, 0.25) is 0 Å². The Bertz CT molecular complexity index is 856. The second-order valence-corrected chi connectivity index (χ2v) is 6.25. The van der Waals surface area contributed by atoms with E-state index in [1.165, 1.54) is 14.2 Å². The smallest absolute Gasteiger partial charge is 0.270 e. The van der Waals surface area contributed by atoms with Crippen LogP contribution in [-0.4, -0.2) is 35.0 Å². The number of phenols is 1. The highest BCUT2D eigenvalue weighted by Crippen LogP contribution is 2.43. The molecule has 134 valence electrons. The van der Waals surface area contributed by atoms with Gasteiger partial charge < -0.3 is 19.9 Å². The van der Waals surface area contributed by atoms with Gasteiger partial charge in [0, 0.05) is 18.4 Å². The molecule has 1 aliphatic heterocycles. The van der Waals surface area contributed by atoms with Crippen LogP contribution >= 0.6 is 0 Å². The predicted molar refractivity (Wildman–Crippen MR) is 91.7 cm³/mol. The summed E-state index contributed by atoms with van der Waals surface area (Å²) in [6, 6.07) is 3.23. The maximum absolute atomic E-state index is 12.5. The number of hydrogen-bond acceptors (Lipinski definition) is 5. The van der Waals surface area contributed by atoms with Crippen molar-refractivity contribution in [2.45, 2.75) is 32.2 Å². The van der Waals surface area contributed by atoms with E-state index in [1.54, 1.807) is 16.8 Å². The molecule has 1 atom stereocenters. The molecule has 0 fully saturated rings. The average Bonchev–Trinajstić information content (AvgIpc) is 2.91. The van der Waals surface area contributed by atoms with Gasteiger partial charge in [0.05, 0.1) is 19.8 Å². The lowest BCUT2D eigenvalue weighted by molar-refractivity contribution is -0.116. The number of hydrogen-bond donors (Lipinski definition) is 3. The molecule has 25 heavy (non-hydrogen) atoms. The van der Waals surface area contributed by atoms with Gasteiger partial charge in [0.25, 0.3) is 5.56 Å². The van der Waals surface area contributed by atoms with Crippen LogP contribution in [-0.2, 0) is 4.79 Å². The van der Waals surface area contributed by atoms with E-state index in [9.17, 15) is 14.7 Å². The summed E-state index contributed by atoms with van der Waals surface area (Å²) in [4.78, 5) is 24.7. The quantitative estimate of drug-likeness (QED) is 0.784. The second-order valence-electron chi connectivity index (χ2n) is 6.25. The number of amides is 1. The van der Waals surface area contributed by atoms with Crippen molar-refractivity contribution in [3.05, 3.63) is 33.6 Å². The lowest BCUT2D eigenvalue weighted by Gasteiger charge is -2.25. The highest BCUT2D eigenvalue weighted by Gasteiger charge is 2.34. The van der Waals surface area contributed by atoms with Gasteiger partial charge in [-0.2, -0.15) is 0 Å². The first-order valence-electron chi connectivity index (χ1n) is 7.96. The molecule has 8 heteroatoms. The van der Waals surface area contributed by atoms with Crippen LogP contribution in [0.4, 0.5) is 5.82 Å². The van der Waals surface area contributed by atoms with Gasteiger partial charge in [0.15, 0.2) is 11.5 Å². The van der Waals surface area contributed by atoms with Gasteiger partial charge in [-0.05, 0) is 31.5 Å². The number of carbonyl (C=O) groups is 1. The molecular weight excluding hydrogens is 326 g/mol. The van der Waals surface area contributed by atoms with E-state index in [2.05, 4.69) is 10.4 Å². The zero-order valence-electron chi connectivity index (χ0n) is 14.5. The number of aromatic hydroxyl groups is 1. The summed E-state index contributed by atoms with van der Waals surface area (Å²) >= 11 is 0. The molecule has 1 aromatic heterocycles.